The van der Waals surface area contributed by atoms with Gasteiger partial charge in [0.05, 0.1) is 13.2 Å². The minimum absolute atomic E-state index is 0. The van der Waals surface area contributed by atoms with Crippen LogP contribution in [0.3, 0.4) is 0 Å². The number of nitrogens with zero attached hydrogens (tertiary/aromatic N) is 1. The highest BCUT2D eigenvalue weighted by molar-refractivity contribution is 5.85. The second-order valence-corrected chi connectivity index (χ2v) is 3.89. The van der Waals surface area contributed by atoms with Crippen molar-refractivity contribution in [3.05, 3.63) is 30.3 Å². The fourth-order valence-corrected chi connectivity index (χ4v) is 1.62. The van der Waals surface area contributed by atoms with Gasteiger partial charge in [-0.3, -0.25) is 4.79 Å². The van der Waals surface area contributed by atoms with E-state index in [1.807, 2.05) is 44.2 Å². The van der Waals surface area contributed by atoms with E-state index >= 15 is 0 Å². The Hall–Kier alpha value is -1.26. The Morgan fingerprint density at radius 3 is 2.53 bits per heavy atom. The molecule has 1 N–H and O–H groups in total. The first kappa shape index (κ1) is 17.7. The molecule has 0 fully saturated rings. The van der Waals surface area contributed by atoms with Gasteiger partial charge in [0.15, 0.2) is 0 Å². The number of rotatable bonds is 8. The molecule has 5 heteroatoms. The molecule has 0 saturated carbocycles. The van der Waals surface area contributed by atoms with Crippen LogP contribution in [-0.4, -0.2) is 43.7 Å². The number of carbonyl (C=O) groups excluding carboxylic acids is 1. The minimum Gasteiger partial charge on any atom is -0.380 e. The van der Waals surface area contributed by atoms with E-state index in [0.717, 1.165) is 5.69 Å². The van der Waals surface area contributed by atoms with E-state index in [-0.39, 0.29) is 18.3 Å². The second kappa shape index (κ2) is 10.6. The summed E-state index contributed by atoms with van der Waals surface area (Å²) in [5.41, 5.74) is 0.965. The lowest BCUT2D eigenvalue weighted by Gasteiger charge is -2.21. The molecule has 0 atom stereocenters. The zero-order valence-electron chi connectivity index (χ0n) is 11.6. The number of halogens is 1. The van der Waals surface area contributed by atoms with Crippen LogP contribution in [0, 0.1) is 0 Å². The van der Waals surface area contributed by atoms with E-state index in [1.165, 1.54) is 0 Å². The minimum atomic E-state index is 0. The molecule has 1 rings (SSSR count). The average molecular weight is 287 g/mol. The van der Waals surface area contributed by atoms with Crippen molar-refractivity contribution in [2.24, 2.45) is 0 Å². The molecular weight excluding hydrogens is 264 g/mol. The lowest BCUT2D eigenvalue weighted by atomic mass is 10.3. The number of para-hydroxylation sites is 1. The van der Waals surface area contributed by atoms with Crippen molar-refractivity contribution in [3.8, 4) is 0 Å². The highest BCUT2D eigenvalue weighted by atomic mass is 35.5. The summed E-state index contributed by atoms with van der Waals surface area (Å²) in [5.74, 6) is 0.0982. The van der Waals surface area contributed by atoms with Crippen LogP contribution in [0.5, 0.6) is 0 Å². The second-order valence-electron chi connectivity index (χ2n) is 3.89. The average Bonchev–Trinajstić information content (AvgIpc) is 2.42. The zero-order chi connectivity index (χ0) is 13.2. The van der Waals surface area contributed by atoms with Crippen molar-refractivity contribution < 1.29 is 9.53 Å². The third kappa shape index (κ3) is 7.03. The highest BCUT2D eigenvalue weighted by Gasteiger charge is 2.10. The molecule has 0 aliphatic carbocycles. The van der Waals surface area contributed by atoms with Crippen molar-refractivity contribution in [3.63, 3.8) is 0 Å². The monoisotopic (exact) mass is 286 g/mol. The van der Waals surface area contributed by atoms with Gasteiger partial charge in [0.25, 0.3) is 0 Å². The number of ether oxygens (including phenoxy) is 1. The summed E-state index contributed by atoms with van der Waals surface area (Å²) in [7, 11) is 0. The Bertz CT molecular complexity index is 347. The first-order valence-corrected chi connectivity index (χ1v) is 6.42. The summed E-state index contributed by atoms with van der Waals surface area (Å²) >= 11 is 0. The molecule has 0 aliphatic heterocycles. The molecular formula is C14H23ClN2O2. The molecule has 0 heterocycles. The van der Waals surface area contributed by atoms with Crippen LogP contribution < -0.4 is 5.32 Å². The molecule has 1 amide bonds. The fourth-order valence-electron chi connectivity index (χ4n) is 1.62. The van der Waals surface area contributed by atoms with Gasteiger partial charge in [-0.15, -0.1) is 12.4 Å². The smallest absolute Gasteiger partial charge is 0.241 e. The summed E-state index contributed by atoms with van der Waals surface area (Å²) in [4.78, 5) is 13.7. The van der Waals surface area contributed by atoms with Crippen LogP contribution in [0.4, 0.5) is 5.69 Å². The highest BCUT2D eigenvalue weighted by Crippen LogP contribution is 2.04. The Morgan fingerprint density at radius 1 is 1.26 bits per heavy atom. The van der Waals surface area contributed by atoms with Gasteiger partial charge >= 0.3 is 0 Å². The molecule has 0 aliphatic rings. The summed E-state index contributed by atoms with van der Waals surface area (Å²) in [6, 6.07) is 9.74. The van der Waals surface area contributed by atoms with Gasteiger partial charge in [0.2, 0.25) is 5.91 Å². The fraction of sp³-hybridized carbons (Fsp3) is 0.500. The lowest BCUT2D eigenvalue weighted by Crippen LogP contribution is -2.37. The van der Waals surface area contributed by atoms with Crippen LogP contribution in [0.2, 0.25) is 0 Å². The molecule has 0 unspecified atom stereocenters. The third-order valence-electron chi connectivity index (χ3n) is 2.66. The number of amides is 1. The molecule has 108 valence electrons. The first-order valence-electron chi connectivity index (χ1n) is 6.42. The van der Waals surface area contributed by atoms with Crippen LogP contribution >= 0.6 is 12.4 Å². The van der Waals surface area contributed by atoms with E-state index in [9.17, 15) is 4.79 Å². The van der Waals surface area contributed by atoms with E-state index in [2.05, 4.69) is 5.32 Å². The summed E-state index contributed by atoms with van der Waals surface area (Å²) in [6.07, 6.45) is 0. The van der Waals surface area contributed by atoms with Gasteiger partial charge in [0.1, 0.15) is 0 Å². The molecule has 0 aromatic heterocycles. The summed E-state index contributed by atoms with van der Waals surface area (Å²) < 4.78 is 5.26. The lowest BCUT2D eigenvalue weighted by molar-refractivity contribution is -0.129. The number of hydrogen-bond acceptors (Lipinski definition) is 3. The molecule has 1 aromatic rings. The maximum atomic E-state index is 11.9. The third-order valence-corrected chi connectivity index (χ3v) is 2.66. The first-order chi connectivity index (χ1) is 8.77. The molecule has 0 bridgehead atoms. The van der Waals surface area contributed by atoms with E-state index in [0.29, 0.717) is 32.8 Å². The topological polar surface area (TPSA) is 41.6 Å². The predicted molar refractivity (Wildman–Crippen MR) is 80.9 cm³/mol. The van der Waals surface area contributed by atoms with E-state index < -0.39 is 0 Å². The Labute approximate surface area is 121 Å². The van der Waals surface area contributed by atoms with E-state index in [1.54, 1.807) is 4.90 Å². The molecule has 1 aromatic carbocycles. The molecule has 0 saturated heterocycles. The Kier molecular flexibility index (Phi) is 9.94. The SMILES string of the molecule is CCOCCN(CC)C(=O)CNc1ccccc1.Cl. The van der Waals surface area contributed by atoms with Crippen molar-refractivity contribution >= 4 is 24.0 Å². The molecule has 0 radical (unpaired) electrons. The number of nitrogens with one attached hydrogen (secondary N) is 1. The maximum Gasteiger partial charge on any atom is 0.241 e. The molecule has 19 heavy (non-hydrogen) atoms. The molecule has 4 nitrogen and oxygen atoms in total. The van der Waals surface area contributed by atoms with Crippen molar-refractivity contribution in [2.45, 2.75) is 13.8 Å². The predicted octanol–water partition coefficient (Wildman–Crippen LogP) is 2.41. The Balaban J connectivity index is 0.00000324. The maximum absolute atomic E-state index is 11.9. The van der Waals surface area contributed by atoms with Gasteiger partial charge in [-0.1, -0.05) is 18.2 Å². The quantitative estimate of drug-likeness (QED) is 0.746. The van der Waals surface area contributed by atoms with Gasteiger partial charge in [-0.05, 0) is 26.0 Å². The number of carbonyl (C=O) groups is 1. The largest absolute Gasteiger partial charge is 0.380 e. The normalized spacial score (nSPS) is 9.58. The standard InChI is InChI=1S/C14H22N2O2.ClH/c1-3-16(10-11-18-4-2)14(17)12-15-13-8-6-5-7-9-13;/h5-9,15H,3-4,10-12H2,1-2H3;1H. The number of anilines is 1. The van der Waals surface area contributed by atoms with Gasteiger partial charge in [-0.2, -0.15) is 0 Å². The number of hydrogen-bond donors (Lipinski definition) is 1. The van der Waals surface area contributed by atoms with Crippen molar-refractivity contribution in [2.75, 3.05) is 38.2 Å². The van der Waals surface area contributed by atoms with Crippen LogP contribution in [0.15, 0.2) is 30.3 Å². The van der Waals surface area contributed by atoms with Crippen LogP contribution in [-0.2, 0) is 9.53 Å². The van der Waals surface area contributed by atoms with E-state index in [4.69, 9.17) is 4.74 Å². The number of likely N-dealkylation sites (N-methyl/N-ethyl adjacent to an activating group) is 1. The van der Waals surface area contributed by atoms with Crippen LogP contribution in [0.1, 0.15) is 13.8 Å². The summed E-state index contributed by atoms with van der Waals surface area (Å²) in [6.45, 7) is 6.91. The zero-order valence-corrected chi connectivity index (χ0v) is 12.4. The summed E-state index contributed by atoms with van der Waals surface area (Å²) in [5, 5.41) is 3.12. The number of benzene rings is 1. The van der Waals surface area contributed by atoms with Gasteiger partial charge in [-0.25, -0.2) is 0 Å². The Morgan fingerprint density at radius 2 is 1.95 bits per heavy atom. The van der Waals surface area contributed by atoms with Crippen molar-refractivity contribution in [1.29, 1.82) is 0 Å². The van der Waals surface area contributed by atoms with Gasteiger partial charge < -0.3 is 15.0 Å². The molecule has 0 spiro atoms. The van der Waals surface area contributed by atoms with Crippen LogP contribution in [0.25, 0.3) is 0 Å². The van der Waals surface area contributed by atoms with Crippen molar-refractivity contribution in [1.82, 2.24) is 4.90 Å². The van der Waals surface area contributed by atoms with Gasteiger partial charge in [0, 0.05) is 25.4 Å².